The molecule has 20 heavy (non-hydrogen) atoms. The van der Waals surface area contributed by atoms with Crippen molar-refractivity contribution in [2.45, 2.75) is 19.1 Å². The highest BCUT2D eigenvalue weighted by molar-refractivity contribution is 5.82. The van der Waals surface area contributed by atoms with Gasteiger partial charge in [-0.1, -0.05) is 30.3 Å². The third-order valence-corrected chi connectivity index (χ3v) is 2.57. The summed E-state index contributed by atoms with van der Waals surface area (Å²) < 4.78 is 4.97. The summed E-state index contributed by atoms with van der Waals surface area (Å²) in [7, 11) is 3.16. The number of rotatable bonds is 6. The largest absolute Gasteiger partial charge is 0.445 e. The SMILES string of the molecule is CN(C)C(=O)C[C@@H](C=O)NC(=O)OCc1ccccc1. The maximum absolute atomic E-state index is 11.5. The fourth-order valence-electron chi connectivity index (χ4n) is 1.42. The Morgan fingerprint density at radius 3 is 2.50 bits per heavy atom. The zero-order valence-electron chi connectivity index (χ0n) is 11.5. The van der Waals surface area contributed by atoms with Gasteiger partial charge in [-0.05, 0) is 5.56 Å². The Morgan fingerprint density at radius 1 is 1.30 bits per heavy atom. The molecular formula is C14H18N2O4. The predicted molar refractivity (Wildman–Crippen MR) is 72.9 cm³/mol. The van der Waals surface area contributed by atoms with Gasteiger partial charge < -0.3 is 19.7 Å². The van der Waals surface area contributed by atoms with E-state index < -0.39 is 12.1 Å². The minimum Gasteiger partial charge on any atom is -0.445 e. The Kier molecular flexibility index (Phi) is 6.22. The van der Waals surface area contributed by atoms with Gasteiger partial charge >= 0.3 is 6.09 Å². The third-order valence-electron chi connectivity index (χ3n) is 2.57. The molecule has 2 amide bonds. The van der Waals surface area contributed by atoms with Crippen LogP contribution in [-0.4, -0.2) is 43.3 Å². The van der Waals surface area contributed by atoms with Crippen molar-refractivity contribution in [3.05, 3.63) is 35.9 Å². The molecule has 1 aromatic rings. The van der Waals surface area contributed by atoms with Crippen molar-refractivity contribution in [2.24, 2.45) is 0 Å². The molecule has 0 heterocycles. The normalized spacial score (nSPS) is 11.3. The number of amides is 2. The number of hydrogen-bond donors (Lipinski definition) is 1. The second kappa shape index (κ2) is 7.93. The van der Waals surface area contributed by atoms with Crippen LogP contribution in [0.1, 0.15) is 12.0 Å². The monoisotopic (exact) mass is 278 g/mol. The number of nitrogens with one attached hydrogen (secondary N) is 1. The van der Waals surface area contributed by atoms with Crippen LogP contribution in [0.5, 0.6) is 0 Å². The van der Waals surface area contributed by atoms with Crippen LogP contribution in [0.3, 0.4) is 0 Å². The summed E-state index contributed by atoms with van der Waals surface area (Å²) in [6, 6.07) is 8.29. The van der Waals surface area contributed by atoms with Gasteiger partial charge in [0.2, 0.25) is 5.91 Å². The molecule has 1 aromatic carbocycles. The number of carbonyl (C=O) groups is 3. The van der Waals surface area contributed by atoms with Crippen LogP contribution in [0, 0.1) is 0 Å². The highest BCUT2D eigenvalue weighted by Gasteiger charge is 2.17. The van der Waals surface area contributed by atoms with Crippen LogP contribution in [0.2, 0.25) is 0 Å². The minimum absolute atomic E-state index is 0.0864. The molecule has 0 aliphatic carbocycles. The van der Waals surface area contributed by atoms with Gasteiger partial charge in [-0.15, -0.1) is 0 Å². The number of hydrogen-bond acceptors (Lipinski definition) is 4. The average molecular weight is 278 g/mol. The molecule has 0 aliphatic rings. The van der Waals surface area contributed by atoms with Crippen molar-refractivity contribution in [3.8, 4) is 0 Å². The Balaban J connectivity index is 2.39. The zero-order valence-corrected chi connectivity index (χ0v) is 11.5. The van der Waals surface area contributed by atoms with Crippen molar-refractivity contribution >= 4 is 18.3 Å². The summed E-state index contributed by atoms with van der Waals surface area (Å²) in [4.78, 5) is 35.2. The first-order chi connectivity index (χ1) is 9.52. The summed E-state index contributed by atoms with van der Waals surface area (Å²) in [6.07, 6.45) is -0.292. The van der Waals surface area contributed by atoms with Gasteiger partial charge in [0.15, 0.2) is 0 Å². The standard InChI is InChI=1S/C14H18N2O4/c1-16(2)13(18)8-12(9-17)15-14(19)20-10-11-6-4-3-5-7-11/h3-7,9,12H,8,10H2,1-2H3,(H,15,19)/t12-/m0/s1. The Hall–Kier alpha value is -2.37. The molecule has 1 rings (SSSR count). The Morgan fingerprint density at radius 2 is 1.95 bits per heavy atom. The number of aldehydes is 1. The van der Waals surface area contributed by atoms with E-state index in [9.17, 15) is 14.4 Å². The predicted octanol–water partition coefficient (Wildman–Crippen LogP) is 0.959. The molecule has 0 spiro atoms. The first-order valence-electron chi connectivity index (χ1n) is 6.15. The van der Waals surface area contributed by atoms with Crippen LogP contribution in [0.4, 0.5) is 4.79 Å². The van der Waals surface area contributed by atoms with E-state index in [1.165, 1.54) is 4.90 Å². The van der Waals surface area contributed by atoms with Gasteiger partial charge in [0.05, 0.1) is 12.5 Å². The van der Waals surface area contributed by atoms with Crippen molar-refractivity contribution in [2.75, 3.05) is 14.1 Å². The van der Waals surface area contributed by atoms with Gasteiger partial charge in [-0.2, -0.15) is 0 Å². The Bertz CT molecular complexity index is 460. The first kappa shape index (κ1) is 15.7. The van der Waals surface area contributed by atoms with Gasteiger partial charge in [0.1, 0.15) is 12.9 Å². The molecule has 108 valence electrons. The van der Waals surface area contributed by atoms with Crippen molar-refractivity contribution in [1.29, 1.82) is 0 Å². The van der Waals surface area contributed by atoms with Crippen LogP contribution in [-0.2, 0) is 20.9 Å². The molecule has 1 N–H and O–H groups in total. The second-order valence-corrected chi connectivity index (χ2v) is 4.44. The van der Waals surface area contributed by atoms with E-state index in [1.54, 1.807) is 14.1 Å². The van der Waals surface area contributed by atoms with E-state index in [1.807, 2.05) is 30.3 Å². The summed E-state index contributed by atoms with van der Waals surface area (Å²) in [5.74, 6) is -0.245. The van der Waals surface area contributed by atoms with Gasteiger partial charge in [-0.3, -0.25) is 4.79 Å². The number of carbonyl (C=O) groups excluding carboxylic acids is 3. The maximum Gasteiger partial charge on any atom is 0.408 e. The molecule has 6 nitrogen and oxygen atoms in total. The van der Waals surface area contributed by atoms with Crippen LogP contribution >= 0.6 is 0 Å². The molecule has 6 heteroatoms. The lowest BCUT2D eigenvalue weighted by Gasteiger charge is -2.15. The highest BCUT2D eigenvalue weighted by Crippen LogP contribution is 2.01. The molecule has 0 aromatic heterocycles. The van der Waals surface area contributed by atoms with E-state index in [0.717, 1.165) is 5.56 Å². The van der Waals surface area contributed by atoms with Crippen molar-refractivity contribution < 1.29 is 19.1 Å². The molecule has 0 radical (unpaired) electrons. The molecule has 0 saturated heterocycles. The smallest absolute Gasteiger partial charge is 0.408 e. The molecule has 0 unspecified atom stereocenters. The topological polar surface area (TPSA) is 75.7 Å². The number of alkyl carbamates (subject to hydrolysis) is 1. The molecule has 0 aliphatic heterocycles. The van der Waals surface area contributed by atoms with Gasteiger partial charge in [0.25, 0.3) is 0 Å². The third kappa shape index (κ3) is 5.51. The summed E-state index contributed by atoms with van der Waals surface area (Å²) in [5.41, 5.74) is 0.842. The van der Waals surface area contributed by atoms with Crippen LogP contribution < -0.4 is 5.32 Å². The van der Waals surface area contributed by atoms with E-state index in [-0.39, 0.29) is 18.9 Å². The summed E-state index contributed by atoms with van der Waals surface area (Å²) >= 11 is 0. The van der Waals surface area contributed by atoms with Crippen molar-refractivity contribution in [1.82, 2.24) is 10.2 Å². The number of benzene rings is 1. The van der Waals surface area contributed by atoms with Gasteiger partial charge in [-0.25, -0.2) is 4.79 Å². The fourth-order valence-corrected chi connectivity index (χ4v) is 1.42. The second-order valence-electron chi connectivity index (χ2n) is 4.44. The summed E-state index contributed by atoms with van der Waals surface area (Å²) in [6.45, 7) is 0.111. The van der Waals surface area contributed by atoms with Gasteiger partial charge in [0, 0.05) is 14.1 Å². The molecule has 1 atom stereocenters. The van der Waals surface area contributed by atoms with Crippen molar-refractivity contribution in [3.63, 3.8) is 0 Å². The van der Waals surface area contributed by atoms with E-state index in [4.69, 9.17) is 4.74 Å². The van der Waals surface area contributed by atoms with Crippen LogP contribution in [0.15, 0.2) is 30.3 Å². The molecular weight excluding hydrogens is 260 g/mol. The number of nitrogens with zero attached hydrogens (tertiary/aromatic N) is 1. The fraction of sp³-hybridized carbons (Fsp3) is 0.357. The highest BCUT2D eigenvalue weighted by atomic mass is 16.5. The quantitative estimate of drug-likeness (QED) is 0.786. The first-order valence-corrected chi connectivity index (χ1v) is 6.15. The van der Waals surface area contributed by atoms with E-state index in [2.05, 4.69) is 5.32 Å². The molecule has 0 bridgehead atoms. The summed E-state index contributed by atoms with van der Waals surface area (Å²) in [5, 5.41) is 2.35. The lowest BCUT2D eigenvalue weighted by molar-refractivity contribution is -0.130. The Labute approximate surface area is 117 Å². The van der Waals surface area contributed by atoms with E-state index >= 15 is 0 Å². The molecule has 0 saturated carbocycles. The van der Waals surface area contributed by atoms with E-state index in [0.29, 0.717) is 6.29 Å². The lowest BCUT2D eigenvalue weighted by atomic mass is 10.2. The van der Waals surface area contributed by atoms with Crippen LogP contribution in [0.25, 0.3) is 0 Å². The average Bonchev–Trinajstić information content (AvgIpc) is 2.45. The maximum atomic E-state index is 11.5. The molecule has 0 fully saturated rings. The lowest BCUT2D eigenvalue weighted by Crippen LogP contribution is -2.40. The zero-order chi connectivity index (χ0) is 15.0. The number of ether oxygens (including phenoxy) is 1. The minimum atomic E-state index is -0.881.